The van der Waals surface area contributed by atoms with E-state index in [0.29, 0.717) is 11.1 Å². The van der Waals surface area contributed by atoms with Crippen LogP contribution in [0.15, 0.2) is 57.4 Å². The summed E-state index contributed by atoms with van der Waals surface area (Å²) < 4.78 is 5.71. The Bertz CT molecular complexity index is 933. The molecule has 0 aliphatic rings. The molecule has 4 aromatic rings. The SMILES string of the molecule is Cc1cc2c(Sc3nnc(-c4ccccc4)o3)ncnc2s1. The second-order valence-corrected chi connectivity index (χ2v) is 6.77. The average Bonchev–Trinajstić information content (AvgIpc) is 3.14. The first kappa shape index (κ1) is 13.4. The van der Waals surface area contributed by atoms with Crippen molar-refractivity contribution in [2.45, 2.75) is 17.2 Å². The van der Waals surface area contributed by atoms with Gasteiger partial charge in [0.25, 0.3) is 5.22 Å². The molecule has 0 saturated carbocycles. The number of hydrogen-bond donors (Lipinski definition) is 0. The number of benzene rings is 1. The Labute approximate surface area is 134 Å². The van der Waals surface area contributed by atoms with E-state index in [9.17, 15) is 0 Å². The molecular weight excluding hydrogens is 316 g/mol. The van der Waals surface area contributed by atoms with Crippen LogP contribution in [0.2, 0.25) is 0 Å². The number of fused-ring (bicyclic) bond motifs is 1. The molecule has 0 atom stereocenters. The molecule has 0 radical (unpaired) electrons. The van der Waals surface area contributed by atoms with Crippen LogP contribution in [0.1, 0.15) is 4.88 Å². The van der Waals surface area contributed by atoms with Gasteiger partial charge in [0.2, 0.25) is 5.89 Å². The molecule has 0 amide bonds. The molecule has 5 nitrogen and oxygen atoms in total. The van der Waals surface area contributed by atoms with Crippen molar-refractivity contribution in [2.24, 2.45) is 0 Å². The highest BCUT2D eigenvalue weighted by Crippen LogP contribution is 2.34. The van der Waals surface area contributed by atoms with Crippen molar-refractivity contribution in [1.82, 2.24) is 20.2 Å². The fourth-order valence-electron chi connectivity index (χ4n) is 2.07. The number of rotatable bonds is 3. The van der Waals surface area contributed by atoms with Gasteiger partial charge in [-0.15, -0.1) is 21.5 Å². The minimum atomic E-state index is 0.475. The standard InChI is InChI=1S/C15H10N4OS2/c1-9-7-11-13(21-9)16-8-17-14(11)22-15-19-18-12(20-15)10-5-3-2-4-6-10/h2-8H,1H3. The number of hydrogen-bond acceptors (Lipinski definition) is 7. The highest BCUT2D eigenvalue weighted by molar-refractivity contribution is 7.99. The molecule has 0 aliphatic heterocycles. The van der Waals surface area contributed by atoms with Crippen molar-refractivity contribution >= 4 is 33.3 Å². The van der Waals surface area contributed by atoms with Crippen molar-refractivity contribution in [3.8, 4) is 11.5 Å². The molecule has 3 heterocycles. The van der Waals surface area contributed by atoms with Gasteiger partial charge < -0.3 is 4.42 Å². The Morgan fingerprint density at radius 3 is 2.82 bits per heavy atom. The third-order valence-electron chi connectivity index (χ3n) is 3.03. The fourth-order valence-corrected chi connectivity index (χ4v) is 3.71. The lowest BCUT2D eigenvalue weighted by atomic mass is 10.2. The minimum Gasteiger partial charge on any atom is -0.411 e. The molecular formula is C15H10N4OS2. The molecule has 4 rings (SSSR count). The highest BCUT2D eigenvalue weighted by atomic mass is 32.2. The molecule has 3 aromatic heterocycles. The van der Waals surface area contributed by atoms with E-state index in [0.717, 1.165) is 20.8 Å². The van der Waals surface area contributed by atoms with E-state index in [1.165, 1.54) is 16.6 Å². The van der Waals surface area contributed by atoms with Crippen LogP contribution in [0.5, 0.6) is 0 Å². The summed E-state index contributed by atoms with van der Waals surface area (Å²) in [7, 11) is 0. The Hall–Kier alpha value is -2.25. The van der Waals surface area contributed by atoms with Gasteiger partial charge in [-0.05, 0) is 36.9 Å². The lowest BCUT2D eigenvalue weighted by Gasteiger charge is -1.97. The van der Waals surface area contributed by atoms with E-state index >= 15 is 0 Å². The van der Waals surface area contributed by atoms with Gasteiger partial charge >= 0.3 is 0 Å². The molecule has 0 bridgehead atoms. The van der Waals surface area contributed by atoms with Crippen LogP contribution in [-0.4, -0.2) is 20.2 Å². The molecule has 0 N–H and O–H groups in total. The van der Waals surface area contributed by atoms with Gasteiger partial charge in [-0.25, -0.2) is 9.97 Å². The Morgan fingerprint density at radius 1 is 1.09 bits per heavy atom. The van der Waals surface area contributed by atoms with Crippen LogP contribution < -0.4 is 0 Å². The predicted octanol–water partition coefficient (Wildman–Crippen LogP) is 4.20. The number of thiophene rings is 1. The zero-order valence-corrected chi connectivity index (χ0v) is 13.2. The van der Waals surface area contributed by atoms with Crippen LogP contribution >= 0.6 is 23.1 Å². The summed E-state index contributed by atoms with van der Waals surface area (Å²) in [5.41, 5.74) is 0.904. The monoisotopic (exact) mass is 326 g/mol. The summed E-state index contributed by atoms with van der Waals surface area (Å²) in [6.45, 7) is 2.06. The average molecular weight is 326 g/mol. The van der Waals surface area contributed by atoms with E-state index in [2.05, 4.69) is 33.2 Å². The molecule has 0 saturated heterocycles. The van der Waals surface area contributed by atoms with Gasteiger partial charge in [-0.1, -0.05) is 18.2 Å². The van der Waals surface area contributed by atoms with Gasteiger partial charge in [-0.3, -0.25) is 0 Å². The lowest BCUT2D eigenvalue weighted by molar-refractivity contribution is 0.465. The summed E-state index contributed by atoms with van der Waals surface area (Å²) in [5, 5.41) is 10.5. The summed E-state index contributed by atoms with van der Waals surface area (Å²) in [6.07, 6.45) is 1.56. The molecule has 22 heavy (non-hydrogen) atoms. The fraction of sp³-hybridized carbons (Fsp3) is 0.0667. The van der Waals surface area contributed by atoms with Crippen LogP contribution in [-0.2, 0) is 0 Å². The molecule has 1 aromatic carbocycles. The predicted molar refractivity (Wildman–Crippen MR) is 86.0 cm³/mol. The van der Waals surface area contributed by atoms with Gasteiger partial charge in [0, 0.05) is 15.8 Å². The van der Waals surface area contributed by atoms with Crippen LogP contribution in [0.3, 0.4) is 0 Å². The van der Waals surface area contributed by atoms with Crippen molar-refractivity contribution in [2.75, 3.05) is 0 Å². The van der Waals surface area contributed by atoms with E-state index in [4.69, 9.17) is 4.42 Å². The topological polar surface area (TPSA) is 64.7 Å². The van der Waals surface area contributed by atoms with Gasteiger partial charge in [0.1, 0.15) is 16.2 Å². The number of nitrogens with zero attached hydrogens (tertiary/aromatic N) is 4. The van der Waals surface area contributed by atoms with Crippen molar-refractivity contribution in [3.63, 3.8) is 0 Å². The first-order valence-electron chi connectivity index (χ1n) is 6.57. The smallest absolute Gasteiger partial charge is 0.283 e. The molecule has 7 heteroatoms. The lowest BCUT2D eigenvalue weighted by Crippen LogP contribution is -1.83. The van der Waals surface area contributed by atoms with E-state index in [-0.39, 0.29) is 0 Å². The van der Waals surface area contributed by atoms with Crippen molar-refractivity contribution in [1.29, 1.82) is 0 Å². The molecule has 0 aliphatic carbocycles. The molecule has 0 spiro atoms. The largest absolute Gasteiger partial charge is 0.411 e. The van der Waals surface area contributed by atoms with Crippen LogP contribution in [0.4, 0.5) is 0 Å². The second-order valence-electron chi connectivity index (χ2n) is 4.60. The Kier molecular flexibility index (Phi) is 3.36. The second kappa shape index (κ2) is 5.51. The van der Waals surface area contributed by atoms with E-state index in [1.54, 1.807) is 17.7 Å². The summed E-state index contributed by atoms with van der Waals surface area (Å²) in [4.78, 5) is 10.8. The maximum atomic E-state index is 5.71. The van der Waals surface area contributed by atoms with E-state index < -0.39 is 0 Å². The normalized spacial score (nSPS) is 11.1. The van der Waals surface area contributed by atoms with Crippen LogP contribution in [0, 0.1) is 6.92 Å². The number of aromatic nitrogens is 4. The van der Waals surface area contributed by atoms with Gasteiger partial charge in [0.05, 0.1) is 0 Å². The highest BCUT2D eigenvalue weighted by Gasteiger charge is 2.13. The zero-order valence-electron chi connectivity index (χ0n) is 11.6. The van der Waals surface area contributed by atoms with Gasteiger partial charge in [-0.2, -0.15) is 0 Å². The summed E-state index contributed by atoms with van der Waals surface area (Å²) in [6, 6.07) is 11.8. The third-order valence-corrected chi connectivity index (χ3v) is 4.84. The third kappa shape index (κ3) is 2.49. The van der Waals surface area contributed by atoms with Crippen LogP contribution in [0.25, 0.3) is 21.7 Å². The zero-order chi connectivity index (χ0) is 14.9. The first-order valence-corrected chi connectivity index (χ1v) is 8.21. The Morgan fingerprint density at radius 2 is 1.95 bits per heavy atom. The van der Waals surface area contributed by atoms with E-state index in [1.807, 2.05) is 30.3 Å². The maximum Gasteiger partial charge on any atom is 0.283 e. The first-order chi connectivity index (χ1) is 10.8. The van der Waals surface area contributed by atoms with Crippen molar-refractivity contribution in [3.05, 3.63) is 47.6 Å². The van der Waals surface area contributed by atoms with Crippen molar-refractivity contribution < 1.29 is 4.42 Å². The molecule has 0 unspecified atom stereocenters. The molecule has 0 fully saturated rings. The number of aryl methyl sites for hydroxylation is 1. The summed E-state index contributed by atoms with van der Waals surface area (Å²) in [5.74, 6) is 0.509. The minimum absolute atomic E-state index is 0.475. The maximum absolute atomic E-state index is 5.71. The molecule has 108 valence electrons. The summed E-state index contributed by atoms with van der Waals surface area (Å²) >= 11 is 3.01. The quantitative estimate of drug-likeness (QED) is 0.526. The van der Waals surface area contributed by atoms with Gasteiger partial charge in [0.15, 0.2) is 0 Å². The Balaban J connectivity index is 1.67.